The number of carbonyl (C=O) groups is 2. The molecule has 0 amide bonds. The SMILES string of the molecule is CC1(C)OC(=O)C(=CNc2ccc(-c3ccccn3)cc2)C(=O)O1. The molecule has 6 heteroatoms. The fraction of sp³-hybridized carbons (Fsp3) is 0.167. The van der Waals surface area contributed by atoms with Gasteiger partial charge in [0.05, 0.1) is 5.69 Å². The Hall–Kier alpha value is -3.15. The lowest BCUT2D eigenvalue weighted by Gasteiger charge is -2.29. The first-order valence-corrected chi connectivity index (χ1v) is 7.39. The first-order valence-electron chi connectivity index (χ1n) is 7.39. The molecule has 2 aromatic rings. The van der Waals surface area contributed by atoms with E-state index in [2.05, 4.69) is 10.3 Å². The largest absolute Gasteiger partial charge is 0.419 e. The third-order valence-electron chi connectivity index (χ3n) is 3.35. The number of pyridine rings is 1. The van der Waals surface area contributed by atoms with Gasteiger partial charge in [0.1, 0.15) is 0 Å². The van der Waals surface area contributed by atoms with E-state index >= 15 is 0 Å². The standard InChI is InChI=1S/C18H16N2O4/c1-18(2)23-16(21)14(17(22)24-18)11-20-13-8-6-12(7-9-13)15-5-3-4-10-19-15/h3-11,20H,1-2H3. The molecule has 1 saturated heterocycles. The zero-order valence-corrected chi connectivity index (χ0v) is 13.3. The lowest BCUT2D eigenvalue weighted by molar-refractivity contribution is -0.222. The Morgan fingerprint density at radius 1 is 1.00 bits per heavy atom. The molecule has 0 radical (unpaired) electrons. The summed E-state index contributed by atoms with van der Waals surface area (Å²) in [7, 11) is 0. The first kappa shape index (κ1) is 15.7. The van der Waals surface area contributed by atoms with Gasteiger partial charge in [0.15, 0.2) is 5.57 Å². The van der Waals surface area contributed by atoms with Gasteiger partial charge in [-0.25, -0.2) is 9.59 Å². The number of esters is 2. The molecule has 1 aliphatic heterocycles. The van der Waals surface area contributed by atoms with Crippen LogP contribution in [0.2, 0.25) is 0 Å². The van der Waals surface area contributed by atoms with Crippen molar-refractivity contribution < 1.29 is 19.1 Å². The number of hydrogen-bond acceptors (Lipinski definition) is 6. The maximum Gasteiger partial charge on any atom is 0.350 e. The molecule has 2 heterocycles. The van der Waals surface area contributed by atoms with Crippen LogP contribution < -0.4 is 5.32 Å². The number of ether oxygens (including phenoxy) is 2. The van der Waals surface area contributed by atoms with Gasteiger partial charge in [-0.1, -0.05) is 18.2 Å². The van der Waals surface area contributed by atoms with E-state index < -0.39 is 17.7 Å². The average molecular weight is 324 g/mol. The summed E-state index contributed by atoms with van der Waals surface area (Å²) < 4.78 is 10.0. The molecule has 1 N–H and O–H groups in total. The molecular weight excluding hydrogens is 308 g/mol. The third-order valence-corrected chi connectivity index (χ3v) is 3.35. The van der Waals surface area contributed by atoms with Crippen molar-refractivity contribution in [1.82, 2.24) is 4.98 Å². The van der Waals surface area contributed by atoms with E-state index in [1.807, 2.05) is 42.5 Å². The summed E-state index contributed by atoms with van der Waals surface area (Å²) in [6.45, 7) is 3.01. The summed E-state index contributed by atoms with van der Waals surface area (Å²) in [5.41, 5.74) is 2.37. The molecule has 6 nitrogen and oxygen atoms in total. The van der Waals surface area contributed by atoms with E-state index in [0.717, 1.165) is 11.3 Å². The average Bonchev–Trinajstić information content (AvgIpc) is 2.54. The van der Waals surface area contributed by atoms with Gasteiger partial charge in [-0.3, -0.25) is 4.98 Å². The van der Waals surface area contributed by atoms with E-state index in [4.69, 9.17) is 9.47 Å². The number of hydrogen-bond donors (Lipinski definition) is 1. The van der Waals surface area contributed by atoms with Crippen LogP contribution in [0.4, 0.5) is 5.69 Å². The molecule has 1 fully saturated rings. The van der Waals surface area contributed by atoms with E-state index in [1.54, 1.807) is 6.20 Å². The molecule has 0 aliphatic carbocycles. The predicted molar refractivity (Wildman–Crippen MR) is 87.6 cm³/mol. The summed E-state index contributed by atoms with van der Waals surface area (Å²) in [4.78, 5) is 28.0. The number of rotatable bonds is 3. The van der Waals surface area contributed by atoms with Crippen LogP contribution in [0.3, 0.4) is 0 Å². The quantitative estimate of drug-likeness (QED) is 0.531. The minimum atomic E-state index is -1.24. The molecule has 3 rings (SSSR count). The van der Waals surface area contributed by atoms with Crippen LogP contribution in [-0.2, 0) is 19.1 Å². The van der Waals surface area contributed by atoms with Crippen LogP contribution in [0.15, 0.2) is 60.4 Å². The molecule has 122 valence electrons. The zero-order chi connectivity index (χ0) is 17.2. The summed E-state index contributed by atoms with van der Waals surface area (Å²) in [6.07, 6.45) is 3.02. The minimum absolute atomic E-state index is 0.178. The van der Waals surface area contributed by atoms with Gasteiger partial charge >= 0.3 is 11.9 Å². The van der Waals surface area contributed by atoms with Crippen LogP contribution in [0, 0.1) is 0 Å². The molecule has 0 unspecified atom stereocenters. The van der Waals surface area contributed by atoms with Crippen molar-refractivity contribution in [3.05, 3.63) is 60.4 Å². The summed E-state index contributed by atoms with van der Waals surface area (Å²) in [5, 5.41) is 2.90. The summed E-state index contributed by atoms with van der Waals surface area (Å²) >= 11 is 0. The van der Waals surface area contributed by atoms with Crippen molar-refractivity contribution >= 4 is 17.6 Å². The number of cyclic esters (lactones) is 2. The highest BCUT2D eigenvalue weighted by Gasteiger charge is 2.38. The molecule has 24 heavy (non-hydrogen) atoms. The van der Waals surface area contributed by atoms with Crippen LogP contribution in [-0.4, -0.2) is 22.7 Å². The van der Waals surface area contributed by atoms with E-state index in [9.17, 15) is 9.59 Å². The lowest BCUT2D eigenvalue weighted by atomic mass is 10.1. The van der Waals surface area contributed by atoms with Gasteiger partial charge in [0, 0.05) is 37.5 Å². The van der Waals surface area contributed by atoms with Crippen LogP contribution >= 0.6 is 0 Å². The number of anilines is 1. The van der Waals surface area contributed by atoms with Crippen molar-refractivity contribution in [3.8, 4) is 11.3 Å². The van der Waals surface area contributed by atoms with Crippen LogP contribution in [0.25, 0.3) is 11.3 Å². The van der Waals surface area contributed by atoms with Gasteiger partial charge in [0.2, 0.25) is 0 Å². The maximum atomic E-state index is 11.8. The third kappa shape index (κ3) is 3.43. The molecule has 1 aliphatic rings. The molecule has 0 atom stereocenters. The van der Waals surface area contributed by atoms with Gasteiger partial charge in [-0.2, -0.15) is 0 Å². The van der Waals surface area contributed by atoms with Crippen molar-refractivity contribution in [2.45, 2.75) is 19.6 Å². The fourth-order valence-corrected chi connectivity index (χ4v) is 2.20. The number of aromatic nitrogens is 1. The molecule has 1 aromatic heterocycles. The number of nitrogens with one attached hydrogen (secondary N) is 1. The Balaban J connectivity index is 1.73. The second-order valence-electron chi connectivity index (χ2n) is 5.67. The normalized spacial score (nSPS) is 16.2. The van der Waals surface area contributed by atoms with E-state index in [-0.39, 0.29) is 5.57 Å². The number of carbonyl (C=O) groups excluding carboxylic acids is 2. The highest BCUT2D eigenvalue weighted by Crippen LogP contribution is 2.23. The zero-order valence-electron chi connectivity index (χ0n) is 13.3. The van der Waals surface area contributed by atoms with Gasteiger partial charge in [-0.05, 0) is 24.3 Å². The second kappa shape index (κ2) is 6.16. The number of nitrogens with zero attached hydrogens (tertiary/aromatic N) is 1. The van der Waals surface area contributed by atoms with Crippen molar-refractivity contribution in [1.29, 1.82) is 0 Å². The monoisotopic (exact) mass is 324 g/mol. The first-order chi connectivity index (χ1) is 11.4. The lowest BCUT2D eigenvalue weighted by Crippen LogP contribution is -2.42. The minimum Gasteiger partial charge on any atom is -0.419 e. The fourth-order valence-electron chi connectivity index (χ4n) is 2.20. The number of benzene rings is 1. The molecular formula is C18H16N2O4. The summed E-state index contributed by atoms with van der Waals surface area (Å²) in [5.74, 6) is -2.67. The maximum absolute atomic E-state index is 11.8. The van der Waals surface area contributed by atoms with Crippen molar-refractivity contribution in [2.75, 3.05) is 5.32 Å². The van der Waals surface area contributed by atoms with Gasteiger partial charge < -0.3 is 14.8 Å². The molecule has 0 saturated carbocycles. The van der Waals surface area contributed by atoms with E-state index in [0.29, 0.717) is 5.69 Å². The van der Waals surface area contributed by atoms with Gasteiger partial charge in [0.25, 0.3) is 5.79 Å². The van der Waals surface area contributed by atoms with Gasteiger partial charge in [-0.15, -0.1) is 0 Å². The van der Waals surface area contributed by atoms with Crippen LogP contribution in [0.5, 0.6) is 0 Å². The second-order valence-corrected chi connectivity index (χ2v) is 5.67. The predicted octanol–water partition coefficient (Wildman–Crippen LogP) is 2.88. The smallest absolute Gasteiger partial charge is 0.350 e. The Morgan fingerprint density at radius 2 is 1.67 bits per heavy atom. The molecule has 1 aromatic carbocycles. The Bertz CT molecular complexity index is 774. The Labute approximate surface area is 139 Å². The van der Waals surface area contributed by atoms with Crippen molar-refractivity contribution in [3.63, 3.8) is 0 Å². The molecule has 0 bridgehead atoms. The Kier molecular flexibility index (Phi) is 4.04. The topological polar surface area (TPSA) is 77.5 Å². The van der Waals surface area contributed by atoms with E-state index in [1.165, 1.54) is 20.0 Å². The highest BCUT2D eigenvalue weighted by molar-refractivity contribution is 6.15. The molecule has 0 spiro atoms. The summed E-state index contributed by atoms with van der Waals surface area (Å²) in [6, 6.07) is 13.1. The van der Waals surface area contributed by atoms with Crippen LogP contribution in [0.1, 0.15) is 13.8 Å². The van der Waals surface area contributed by atoms with Crippen molar-refractivity contribution in [2.24, 2.45) is 0 Å². The Morgan fingerprint density at radius 3 is 2.25 bits per heavy atom. The highest BCUT2D eigenvalue weighted by atomic mass is 16.7.